The van der Waals surface area contributed by atoms with E-state index < -0.39 is 9.84 Å². The number of halogens is 1. The SMILES string of the molecule is CN=C(NCCC(=O)NC1CCS(=O)(=O)C1)NC(C)c1cccc(N2CCCC2)c1.I. The van der Waals surface area contributed by atoms with Gasteiger partial charge in [-0.2, -0.15) is 0 Å². The van der Waals surface area contributed by atoms with Crippen molar-refractivity contribution in [3.05, 3.63) is 29.8 Å². The molecule has 0 bridgehead atoms. The number of nitrogens with zero attached hydrogens (tertiary/aromatic N) is 2. The summed E-state index contributed by atoms with van der Waals surface area (Å²) in [5, 5.41) is 9.33. The summed E-state index contributed by atoms with van der Waals surface area (Å²) < 4.78 is 23.0. The third-order valence-electron chi connectivity index (χ3n) is 5.66. The van der Waals surface area contributed by atoms with Crippen LogP contribution in [0.15, 0.2) is 29.3 Å². The number of hydrogen-bond donors (Lipinski definition) is 3. The second kappa shape index (κ2) is 11.9. The number of benzene rings is 1. The van der Waals surface area contributed by atoms with Gasteiger partial charge in [0, 0.05) is 44.8 Å². The highest BCUT2D eigenvalue weighted by molar-refractivity contribution is 14.0. The average Bonchev–Trinajstić information content (AvgIpc) is 3.37. The van der Waals surface area contributed by atoms with Crippen molar-refractivity contribution in [2.24, 2.45) is 4.99 Å². The molecule has 1 amide bonds. The Bertz CT molecular complexity index is 872. The van der Waals surface area contributed by atoms with Gasteiger partial charge < -0.3 is 20.9 Å². The molecular formula is C21H34IN5O3S. The zero-order valence-corrected chi connectivity index (χ0v) is 21.4. The monoisotopic (exact) mass is 563 g/mol. The molecule has 1 aromatic rings. The number of hydrogen-bond acceptors (Lipinski definition) is 5. The van der Waals surface area contributed by atoms with Gasteiger partial charge in [-0.3, -0.25) is 9.79 Å². The largest absolute Gasteiger partial charge is 0.372 e. The number of guanidine groups is 1. The van der Waals surface area contributed by atoms with E-state index in [0.29, 0.717) is 18.9 Å². The van der Waals surface area contributed by atoms with Crippen molar-refractivity contribution in [1.29, 1.82) is 0 Å². The molecule has 31 heavy (non-hydrogen) atoms. The summed E-state index contributed by atoms with van der Waals surface area (Å²) in [7, 11) is -1.29. The van der Waals surface area contributed by atoms with Crippen LogP contribution in [0.4, 0.5) is 5.69 Å². The standard InChI is InChI=1S/C21H33N5O3S.HI/c1-16(17-6-5-7-19(14-17)26-11-3-4-12-26)24-21(22-2)23-10-8-20(27)25-18-9-13-30(28,29)15-18;/h5-7,14,16,18H,3-4,8-13,15H2,1-2H3,(H,25,27)(H2,22,23,24);1H. The van der Waals surface area contributed by atoms with Crippen LogP contribution < -0.4 is 20.9 Å². The number of carbonyl (C=O) groups is 1. The molecule has 2 aliphatic rings. The minimum atomic E-state index is -2.99. The molecule has 2 saturated heterocycles. The van der Waals surface area contributed by atoms with Crippen molar-refractivity contribution in [3.63, 3.8) is 0 Å². The van der Waals surface area contributed by atoms with Gasteiger partial charge in [0.2, 0.25) is 5.91 Å². The van der Waals surface area contributed by atoms with Crippen LogP contribution in [0.1, 0.15) is 44.2 Å². The summed E-state index contributed by atoms with van der Waals surface area (Å²) in [6, 6.07) is 8.37. The Morgan fingerprint density at radius 3 is 2.68 bits per heavy atom. The van der Waals surface area contributed by atoms with Crippen molar-refractivity contribution in [1.82, 2.24) is 16.0 Å². The third-order valence-corrected chi connectivity index (χ3v) is 7.43. The van der Waals surface area contributed by atoms with Crippen LogP contribution >= 0.6 is 24.0 Å². The Morgan fingerprint density at radius 1 is 1.29 bits per heavy atom. The molecular weight excluding hydrogens is 529 g/mol. The molecule has 2 atom stereocenters. The Hall–Kier alpha value is -1.56. The van der Waals surface area contributed by atoms with E-state index in [1.165, 1.54) is 24.1 Å². The van der Waals surface area contributed by atoms with Gasteiger partial charge in [0.25, 0.3) is 0 Å². The predicted octanol–water partition coefficient (Wildman–Crippen LogP) is 1.82. The minimum Gasteiger partial charge on any atom is -0.372 e. The van der Waals surface area contributed by atoms with Crippen LogP contribution in [0.3, 0.4) is 0 Å². The lowest BCUT2D eigenvalue weighted by molar-refractivity contribution is -0.121. The highest BCUT2D eigenvalue weighted by atomic mass is 127. The van der Waals surface area contributed by atoms with Gasteiger partial charge in [-0.1, -0.05) is 12.1 Å². The van der Waals surface area contributed by atoms with Crippen LogP contribution in [0.25, 0.3) is 0 Å². The van der Waals surface area contributed by atoms with E-state index >= 15 is 0 Å². The first-order valence-electron chi connectivity index (χ1n) is 10.7. The van der Waals surface area contributed by atoms with E-state index in [2.05, 4.69) is 57.0 Å². The van der Waals surface area contributed by atoms with E-state index in [1.807, 2.05) is 0 Å². The van der Waals surface area contributed by atoms with Crippen LogP contribution in [-0.2, 0) is 14.6 Å². The van der Waals surface area contributed by atoms with Crippen LogP contribution in [0, 0.1) is 0 Å². The maximum Gasteiger partial charge on any atom is 0.222 e. The van der Waals surface area contributed by atoms with E-state index in [9.17, 15) is 13.2 Å². The van der Waals surface area contributed by atoms with Crippen LogP contribution in [0.5, 0.6) is 0 Å². The first-order valence-corrected chi connectivity index (χ1v) is 12.5. The molecule has 0 spiro atoms. The Kier molecular flexibility index (Phi) is 9.86. The quantitative estimate of drug-likeness (QED) is 0.266. The number of sulfone groups is 1. The first kappa shape index (κ1) is 25.7. The first-order chi connectivity index (χ1) is 14.4. The van der Waals surface area contributed by atoms with Crippen molar-refractivity contribution < 1.29 is 13.2 Å². The number of rotatable bonds is 7. The number of aliphatic imine (C=N–C) groups is 1. The van der Waals surface area contributed by atoms with E-state index in [-0.39, 0.29) is 59.9 Å². The van der Waals surface area contributed by atoms with E-state index in [4.69, 9.17) is 0 Å². The molecule has 2 aliphatic heterocycles. The molecule has 3 N–H and O–H groups in total. The van der Waals surface area contributed by atoms with Crippen molar-refractivity contribution in [2.45, 2.75) is 44.7 Å². The van der Waals surface area contributed by atoms with Crippen molar-refractivity contribution in [2.75, 3.05) is 43.1 Å². The molecule has 0 aromatic heterocycles. The number of nitrogens with one attached hydrogen (secondary N) is 3. The van der Waals surface area contributed by atoms with E-state index in [1.54, 1.807) is 7.05 Å². The average molecular weight is 564 g/mol. The zero-order valence-electron chi connectivity index (χ0n) is 18.3. The topological polar surface area (TPSA) is 103 Å². The summed E-state index contributed by atoms with van der Waals surface area (Å²) in [5.41, 5.74) is 2.44. The van der Waals surface area contributed by atoms with Gasteiger partial charge >= 0.3 is 0 Å². The fourth-order valence-electron chi connectivity index (χ4n) is 3.95. The molecule has 0 radical (unpaired) electrons. The van der Waals surface area contributed by atoms with Gasteiger partial charge in [-0.15, -0.1) is 24.0 Å². The molecule has 2 fully saturated rings. The van der Waals surface area contributed by atoms with Crippen LogP contribution in [0.2, 0.25) is 0 Å². The van der Waals surface area contributed by atoms with Gasteiger partial charge in [0.15, 0.2) is 15.8 Å². The molecule has 10 heteroatoms. The Morgan fingerprint density at radius 2 is 2.03 bits per heavy atom. The summed E-state index contributed by atoms with van der Waals surface area (Å²) in [6.07, 6.45) is 3.26. The smallest absolute Gasteiger partial charge is 0.222 e. The summed E-state index contributed by atoms with van der Waals surface area (Å²) in [5.74, 6) is 0.684. The second-order valence-corrected chi connectivity index (χ2v) is 10.3. The Balaban J connectivity index is 0.00000341. The van der Waals surface area contributed by atoms with Crippen molar-refractivity contribution in [3.8, 4) is 0 Å². The maximum atomic E-state index is 12.1. The molecule has 1 aromatic carbocycles. The van der Waals surface area contributed by atoms with Crippen LogP contribution in [-0.4, -0.2) is 64.5 Å². The normalized spacial score (nSPS) is 21.3. The highest BCUT2D eigenvalue weighted by Crippen LogP contribution is 2.23. The predicted molar refractivity (Wildman–Crippen MR) is 136 cm³/mol. The fourth-order valence-corrected chi connectivity index (χ4v) is 5.63. The molecule has 0 saturated carbocycles. The summed E-state index contributed by atoms with van der Waals surface area (Å²) in [4.78, 5) is 18.7. The fraction of sp³-hybridized carbons (Fsp3) is 0.619. The molecule has 174 valence electrons. The highest BCUT2D eigenvalue weighted by Gasteiger charge is 2.28. The lowest BCUT2D eigenvalue weighted by Gasteiger charge is -2.22. The minimum absolute atomic E-state index is 0. The lowest BCUT2D eigenvalue weighted by Crippen LogP contribution is -2.41. The second-order valence-electron chi connectivity index (χ2n) is 8.07. The molecule has 2 heterocycles. The van der Waals surface area contributed by atoms with Gasteiger partial charge in [-0.25, -0.2) is 8.42 Å². The Labute approximate surface area is 202 Å². The number of carbonyl (C=O) groups excluding carboxylic acids is 1. The van der Waals surface area contributed by atoms with E-state index in [0.717, 1.165) is 13.1 Å². The summed E-state index contributed by atoms with van der Waals surface area (Å²) >= 11 is 0. The number of amides is 1. The zero-order chi connectivity index (χ0) is 21.6. The van der Waals surface area contributed by atoms with Gasteiger partial charge in [0.05, 0.1) is 17.5 Å². The molecule has 8 nitrogen and oxygen atoms in total. The molecule has 2 unspecified atom stereocenters. The molecule has 0 aliphatic carbocycles. The number of anilines is 1. The lowest BCUT2D eigenvalue weighted by atomic mass is 10.1. The third kappa shape index (κ3) is 7.81. The maximum absolute atomic E-state index is 12.1. The van der Waals surface area contributed by atoms with Gasteiger partial charge in [0.1, 0.15) is 0 Å². The summed E-state index contributed by atoms with van der Waals surface area (Å²) in [6.45, 7) is 4.74. The van der Waals surface area contributed by atoms with Crippen molar-refractivity contribution >= 4 is 51.4 Å². The molecule has 3 rings (SSSR count). The van der Waals surface area contributed by atoms with Gasteiger partial charge in [-0.05, 0) is 43.9 Å².